The molecule has 25 heavy (non-hydrogen) atoms. The van der Waals surface area contributed by atoms with Crippen molar-refractivity contribution in [2.75, 3.05) is 26.8 Å². The highest BCUT2D eigenvalue weighted by atomic mass is 16.5. The zero-order valence-corrected chi connectivity index (χ0v) is 14.9. The monoisotopic (exact) mass is 339 g/mol. The first-order chi connectivity index (χ1) is 12.2. The first kappa shape index (κ1) is 17.3. The lowest BCUT2D eigenvalue weighted by Gasteiger charge is -2.32. The van der Waals surface area contributed by atoms with E-state index in [-0.39, 0.29) is 5.91 Å². The van der Waals surface area contributed by atoms with E-state index in [4.69, 9.17) is 9.47 Å². The van der Waals surface area contributed by atoms with Crippen LogP contribution in [-0.4, -0.2) is 37.6 Å². The summed E-state index contributed by atoms with van der Waals surface area (Å²) in [7, 11) is 1.60. The minimum absolute atomic E-state index is 0.0649. The summed E-state index contributed by atoms with van der Waals surface area (Å²) in [5.74, 6) is 1.88. The molecule has 0 atom stereocenters. The summed E-state index contributed by atoms with van der Waals surface area (Å²) in [6.07, 6.45) is 2.01. The predicted octanol–water partition coefficient (Wildman–Crippen LogP) is 4.11. The largest absolute Gasteiger partial charge is 0.493 e. The van der Waals surface area contributed by atoms with E-state index in [1.807, 2.05) is 24.0 Å². The van der Waals surface area contributed by atoms with E-state index >= 15 is 0 Å². The summed E-state index contributed by atoms with van der Waals surface area (Å²) in [5, 5.41) is 0. The van der Waals surface area contributed by atoms with E-state index in [9.17, 15) is 4.79 Å². The Kier molecular flexibility index (Phi) is 5.59. The van der Waals surface area contributed by atoms with Gasteiger partial charge in [0.1, 0.15) is 0 Å². The molecule has 132 valence electrons. The van der Waals surface area contributed by atoms with Gasteiger partial charge in [-0.05, 0) is 49.4 Å². The van der Waals surface area contributed by atoms with Crippen LogP contribution in [0.4, 0.5) is 0 Å². The SMILES string of the molecule is CCOc1cc(C(=O)N2CCC(c3ccccc3)CC2)ccc1OC. The fourth-order valence-electron chi connectivity index (χ4n) is 3.40. The summed E-state index contributed by atoms with van der Waals surface area (Å²) in [4.78, 5) is 14.8. The number of hydrogen-bond donors (Lipinski definition) is 0. The Morgan fingerprint density at radius 2 is 1.80 bits per heavy atom. The Morgan fingerprint density at radius 1 is 1.08 bits per heavy atom. The van der Waals surface area contributed by atoms with E-state index < -0.39 is 0 Å². The van der Waals surface area contributed by atoms with Gasteiger partial charge in [-0.1, -0.05) is 30.3 Å². The molecular weight excluding hydrogens is 314 g/mol. The van der Waals surface area contributed by atoms with Crippen molar-refractivity contribution < 1.29 is 14.3 Å². The maximum Gasteiger partial charge on any atom is 0.253 e. The molecule has 1 aliphatic rings. The first-order valence-electron chi connectivity index (χ1n) is 8.88. The maximum atomic E-state index is 12.8. The standard InChI is InChI=1S/C21H25NO3/c1-3-25-20-15-18(9-10-19(20)24-2)21(23)22-13-11-17(12-14-22)16-7-5-4-6-8-16/h4-10,15,17H,3,11-14H2,1-2H3. The fourth-order valence-corrected chi connectivity index (χ4v) is 3.40. The molecule has 2 aromatic carbocycles. The maximum absolute atomic E-state index is 12.8. The Morgan fingerprint density at radius 3 is 2.44 bits per heavy atom. The second-order valence-corrected chi connectivity index (χ2v) is 6.28. The van der Waals surface area contributed by atoms with Crippen molar-refractivity contribution in [3.8, 4) is 11.5 Å². The average molecular weight is 339 g/mol. The molecule has 4 heteroatoms. The van der Waals surface area contributed by atoms with Crippen molar-refractivity contribution >= 4 is 5.91 Å². The Balaban J connectivity index is 1.67. The van der Waals surface area contributed by atoms with E-state index in [0.29, 0.717) is 29.6 Å². The molecule has 2 aromatic rings. The second-order valence-electron chi connectivity index (χ2n) is 6.28. The number of piperidine rings is 1. The Hall–Kier alpha value is -2.49. The molecule has 0 bridgehead atoms. The molecule has 1 fully saturated rings. The van der Waals surface area contributed by atoms with Crippen molar-refractivity contribution in [1.82, 2.24) is 4.90 Å². The van der Waals surface area contributed by atoms with Gasteiger partial charge in [0.05, 0.1) is 13.7 Å². The quantitative estimate of drug-likeness (QED) is 0.823. The van der Waals surface area contributed by atoms with Crippen molar-refractivity contribution in [3.05, 3.63) is 59.7 Å². The second kappa shape index (κ2) is 8.06. The molecule has 1 heterocycles. The topological polar surface area (TPSA) is 38.8 Å². The van der Waals surface area contributed by atoms with Gasteiger partial charge in [-0.3, -0.25) is 4.79 Å². The van der Waals surface area contributed by atoms with Gasteiger partial charge in [0.25, 0.3) is 5.91 Å². The average Bonchev–Trinajstić information content (AvgIpc) is 2.68. The van der Waals surface area contributed by atoms with Crippen molar-refractivity contribution in [2.24, 2.45) is 0 Å². The molecule has 0 N–H and O–H groups in total. The first-order valence-corrected chi connectivity index (χ1v) is 8.88. The molecule has 0 aromatic heterocycles. The summed E-state index contributed by atoms with van der Waals surface area (Å²) in [5.41, 5.74) is 2.03. The third-order valence-electron chi connectivity index (χ3n) is 4.76. The van der Waals surface area contributed by atoms with Gasteiger partial charge in [0, 0.05) is 18.7 Å². The van der Waals surface area contributed by atoms with E-state index in [1.165, 1.54) is 5.56 Å². The number of likely N-dealkylation sites (tertiary alicyclic amines) is 1. The van der Waals surface area contributed by atoms with E-state index in [0.717, 1.165) is 25.9 Å². The number of benzene rings is 2. The summed E-state index contributed by atoms with van der Waals surface area (Å²) < 4.78 is 10.9. The normalized spacial score (nSPS) is 15.0. The molecule has 0 spiro atoms. The summed E-state index contributed by atoms with van der Waals surface area (Å²) in [6.45, 7) is 4.03. The highest BCUT2D eigenvalue weighted by Crippen LogP contribution is 2.31. The molecule has 1 amide bonds. The van der Waals surface area contributed by atoms with Crippen LogP contribution in [0.25, 0.3) is 0 Å². The van der Waals surface area contributed by atoms with Gasteiger partial charge in [0.2, 0.25) is 0 Å². The van der Waals surface area contributed by atoms with Gasteiger partial charge < -0.3 is 14.4 Å². The Bertz CT molecular complexity index is 706. The minimum Gasteiger partial charge on any atom is -0.493 e. The molecule has 4 nitrogen and oxygen atoms in total. The lowest BCUT2D eigenvalue weighted by atomic mass is 9.89. The van der Waals surface area contributed by atoms with Gasteiger partial charge in [-0.2, -0.15) is 0 Å². The van der Waals surface area contributed by atoms with Crippen LogP contribution >= 0.6 is 0 Å². The lowest BCUT2D eigenvalue weighted by Crippen LogP contribution is -2.37. The van der Waals surface area contributed by atoms with Gasteiger partial charge in [0.15, 0.2) is 11.5 Å². The van der Waals surface area contributed by atoms with Crippen LogP contribution in [0.1, 0.15) is 41.6 Å². The van der Waals surface area contributed by atoms with Crippen LogP contribution in [0.15, 0.2) is 48.5 Å². The van der Waals surface area contributed by atoms with Gasteiger partial charge in [-0.15, -0.1) is 0 Å². The number of amides is 1. The number of hydrogen-bond acceptors (Lipinski definition) is 3. The third-order valence-corrected chi connectivity index (χ3v) is 4.76. The van der Waals surface area contributed by atoms with Crippen LogP contribution in [-0.2, 0) is 0 Å². The van der Waals surface area contributed by atoms with Crippen LogP contribution in [0.3, 0.4) is 0 Å². The van der Waals surface area contributed by atoms with Gasteiger partial charge >= 0.3 is 0 Å². The highest BCUT2D eigenvalue weighted by molar-refractivity contribution is 5.95. The molecule has 0 saturated carbocycles. The van der Waals surface area contributed by atoms with E-state index in [1.54, 1.807) is 19.2 Å². The highest BCUT2D eigenvalue weighted by Gasteiger charge is 2.25. The minimum atomic E-state index is 0.0649. The zero-order chi connectivity index (χ0) is 17.6. The zero-order valence-electron chi connectivity index (χ0n) is 14.9. The van der Waals surface area contributed by atoms with Gasteiger partial charge in [-0.25, -0.2) is 0 Å². The van der Waals surface area contributed by atoms with Crippen LogP contribution in [0.5, 0.6) is 11.5 Å². The molecule has 1 aliphatic heterocycles. The molecule has 0 aliphatic carbocycles. The third kappa shape index (κ3) is 3.95. The predicted molar refractivity (Wildman–Crippen MR) is 98.5 cm³/mol. The molecule has 0 unspecified atom stereocenters. The van der Waals surface area contributed by atoms with Crippen LogP contribution in [0, 0.1) is 0 Å². The molecule has 3 rings (SSSR count). The summed E-state index contributed by atoms with van der Waals surface area (Å²) >= 11 is 0. The number of carbonyl (C=O) groups is 1. The van der Waals surface area contributed by atoms with Crippen molar-refractivity contribution in [2.45, 2.75) is 25.7 Å². The number of carbonyl (C=O) groups excluding carboxylic acids is 1. The number of rotatable bonds is 5. The Labute approximate surface area is 149 Å². The lowest BCUT2D eigenvalue weighted by molar-refractivity contribution is 0.0712. The number of methoxy groups -OCH3 is 1. The van der Waals surface area contributed by atoms with Crippen molar-refractivity contribution in [1.29, 1.82) is 0 Å². The molecular formula is C21H25NO3. The number of nitrogens with zero attached hydrogens (tertiary/aromatic N) is 1. The molecule has 0 radical (unpaired) electrons. The van der Waals surface area contributed by atoms with Crippen LogP contribution in [0.2, 0.25) is 0 Å². The van der Waals surface area contributed by atoms with E-state index in [2.05, 4.69) is 24.3 Å². The fraction of sp³-hybridized carbons (Fsp3) is 0.381. The summed E-state index contributed by atoms with van der Waals surface area (Å²) in [6, 6.07) is 16.0. The molecule has 1 saturated heterocycles. The smallest absolute Gasteiger partial charge is 0.253 e. The van der Waals surface area contributed by atoms with Crippen LogP contribution < -0.4 is 9.47 Å². The number of ether oxygens (including phenoxy) is 2. The van der Waals surface area contributed by atoms with Crippen molar-refractivity contribution in [3.63, 3.8) is 0 Å².